The van der Waals surface area contributed by atoms with Crippen LogP contribution in [0.25, 0.3) is 27.4 Å². The van der Waals surface area contributed by atoms with Crippen LogP contribution in [0.4, 0.5) is 0 Å². The molecule has 0 spiro atoms. The van der Waals surface area contributed by atoms with Crippen LogP contribution in [0.3, 0.4) is 0 Å². The Morgan fingerprint density at radius 1 is 1.31 bits per heavy atom. The molecule has 0 saturated heterocycles. The molecule has 1 aliphatic carbocycles. The van der Waals surface area contributed by atoms with Gasteiger partial charge in [0.25, 0.3) is 0 Å². The third-order valence-electron chi connectivity index (χ3n) is 6.88. The summed E-state index contributed by atoms with van der Waals surface area (Å²) in [7, 11) is 1.88. The number of fused-ring (bicyclic) bond motifs is 5. The molecule has 4 heterocycles. The van der Waals surface area contributed by atoms with E-state index in [0.717, 1.165) is 34.4 Å². The number of hydrogen-bond donors (Lipinski definition) is 0. The van der Waals surface area contributed by atoms with Crippen molar-refractivity contribution >= 4 is 38.8 Å². The minimum absolute atomic E-state index is 0.367. The highest BCUT2D eigenvalue weighted by atomic mass is 35.5. The van der Waals surface area contributed by atoms with Crippen LogP contribution >= 0.6 is 22.9 Å². The van der Waals surface area contributed by atoms with Crippen LogP contribution in [-0.2, 0) is 19.9 Å². The van der Waals surface area contributed by atoms with Gasteiger partial charge in [-0.3, -0.25) is 4.68 Å². The Bertz CT molecular complexity index is 1250. The van der Waals surface area contributed by atoms with Gasteiger partial charge in [-0.2, -0.15) is 5.10 Å². The SMILES string of the molecule is CCC(C)(C)C1CCc2c(sc3ncn4nc(-c5nn(C)c(C)c5Cl)nc4c23)C1. The molecule has 0 saturated carbocycles. The molecule has 0 bridgehead atoms. The maximum atomic E-state index is 6.47. The van der Waals surface area contributed by atoms with Crippen molar-refractivity contribution in [3.05, 3.63) is 27.5 Å². The monoisotopic (exact) mass is 428 g/mol. The molecule has 1 atom stereocenters. The molecule has 0 aliphatic heterocycles. The van der Waals surface area contributed by atoms with Gasteiger partial charge in [0.05, 0.1) is 16.1 Å². The average Bonchev–Trinajstić information content (AvgIpc) is 3.36. The minimum Gasteiger partial charge on any atom is -0.271 e. The summed E-state index contributed by atoms with van der Waals surface area (Å²) in [6.45, 7) is 9.04. The van der Waals surface area contributed by atoms with Gasteiger partial charge in [0.1, 0.15) is 11.2 Å². The summed E-state index contributed by atoms with van der Waals surface area (Å²) in [6, 6.07) is 0. The summed E-state index contributed by atoms with van der Waals surface area (Å²) in [4.78, 5) is 12.1. The lowest BCUT2D eigenvalue weighted by Gasteiger charge is -2.36. The zero-order valence-corrected chi connectivity index (χ0v) is 19.0. The topological polar surface area (TPSA) is 60.9 Å². The van der Waals surface area contributed by atoms with Crippen molar-refractivity contribution in [1.29, 1.82) is 0 Å². The van der Waals surface area contributed by atoms with Crippen LogP contribution in [0.1, 0.15) is 49.7 Å². The summed E-state index contributed by atoms with van der Waals surface area (Å²) in [5.41, 5.74) is 4.16. The molecule has 0 aromatic carbocycles. The summed E-state index contributed by atoms with van der Waals surface area (Å²) < 4.78 is 3.53. The zero-order chi connectivity index (χ0) is 20.5. The molecule has 29 heavy (non-hydrogen) atoms. The average molecular weight is 429 g/mol. The first kappa shape index (κ1) is 19.0. The predicted octanol–water partition coefficient (Wildman–Crippen LogP) is 5.24. The number of halogens is 1. The van der Waals surface area contributed by atoms with Crippen LogP contribution < -0.4 is 0 Å². The fraction of sp³-hybridized carbons (Fsp3) is 0.524. The van der Waals surface area contributed by atoms with Crippen molar-refractivity contribution < 1.29 is 0 Å². The Balaban J connectivity index is 1.65. The van der Waals surface area contributed by atoms with Gasteiger partial charge in [-0.1, -0.05) is 38.8 Å². The molecule has 152 valence electrons. The molecule has 0 fully saturated rings. The Kier molecular flexibility index (Phi) is 4.26. The highest BCUT2D eigenvalue weighted by Gasteiger charge is 2.33. The summed E-state index contributed by atoms with van der Waals surface area (Å²) in [5, 5.41) is 10.9. The Morgan fingerprint density at radius 3 is 2.79 bits per heavy atom. The molecule has 6 nitrogen and oxygen atoms in total. The van der Waals surface area contributed by atoms with E-state index in [1.54, 1.807) is 15.5 Å². The molecule has 1 aliphatic rings. The lowest BCUT2D eigenvalue weighted by atomic mass is 9.70. The Labute approximate surface area is 178 Å². The first-order valence-corrected chi connectivity index (χ1v) is 11.3. The van der Waals surface area contributed by atoms with E-state index in [9.17, 15) is 0 Å². The molecule has 1 unspecified atom stereocenters. The molecule has 0 radical (unpaired) electrons. The van der Waals surface area contributed by atoms with E-state index in [4.69, 9.17) is 21.6 Å². The van der Waals surface area contributed by atoms with Gasteiger partial charge in [0.15, 0.2) is 11.3 Å². The summed E-state index contributed by atoms with van der Waals surface area (Å²) in [5.74, 6) is 1.27. The highest BCUT2D eigenvalue weighted by Crippen LogP contribution is 2.45. The van der Waals surface area contributed by atoms with Gasteiger partial charge in [0, 0.05) is 11.9 Å². The second-order valence-corrected chi connectivity index (χ2v) is 10.2. The maximum absolute atomic E-state index is 6.47. The number of aromatic nitrogens is 6. The summed E-state index contributed by atoms with van der Waals surface area (Å²) in [6.07, 6.45) is 6.39. The summed E-state index contributed by atoms with van der Waals surface area (Å²) >= 11 is 8.30. The van der Waals surface area contributed by atoms with Crippen LogP contribution in [0.2, 0.25) is 5.02 Å². The van der Waals surface area contributed by atoms with Crippen LogP contribution in [0, 0.1) is 18.3 Å². The molecule has 4 aromatic heterocycles. The van der Waals surface area contributed by atoms with Gasteiger partial charge < -0.3 is 0 Å². The van der Waals surface area contributed by atoms with E-state index in [1.165, 1.54) is 23.3 Å². The number of aryl methyl sites for hydroxylation is 2. The standard InChI is InChI=1S/C21H25ClN6S/c1-6-21(3,4)12-7-8-13-14(9-12)29-20-15(13)19-24-18(26-28(19)10-23-20)17-16(22)11(2)27(5)25-17/h10,12H,6-9H2,1-5H3. The molecule has 4 aromatic rings. The van der Waals surface area contributed by atoms with E-state index in [2.05, 4.69) is 31.0 Å². The van der Waals surface area contributed by atoms with Gasteiger partial charge in [0.2, 0.25) is 5.82 Å². The number of hydrogen-bond acceptors (Lipinski definition) is 5. The Hall–Kier alpha value is -1.99. The van der Waals surface area contributed by atoms with E-state index < -0.39 is 0 Å². The van der Waals surface area contributed by atoms with Crippen LogP contribution in [0.15, 0.2) is 6.33 Å². The lowest BCUT2D eigenvalue weighted by molar-refractivity contribution is 0.184. The largest absolute Gasteiger partial charge is 0.271 e. The Morgan fingerprint density at radius 2 is 2.10 bits per heavy atom. The molecule has 8 heteroatoms. The minimum atomic E-state index is 0.367. The molecule has 5 rings (SSSR count). The third kappa shape index (κ3) is 2.81. The van der Waals surface area contributed by atoms with Crippen molar-refractivity contribution in [2.45, 2.75) is 53.4 Å². The fourth-order valence-electron chi connectivity index (χ4n) is 4.36. The molecule has 0 N–H and O–H groups in total. The van der Waals surface area contributed by atoms with Crippen molar-refractivity contribution in [3.63, 3.8) is 0 Å². The van der Waals surface area contributed by atoms with E-state index in [1.807, 2.05) is 25.3 Å². The third-order valence-corrected chi connectivity index (χ3v) is 8.49. The fourth-order valence-corrected chi connectivity index (χ4v) is 5.86. The van der Waals surface area contributed by atoms with E-state index >= 15 is 0 Å². The molecular formula is C21H25ClN6S. The number of nitrogens with zero attached hydrogens (tertiary/aromatic N) is 6. The van der Waals surface area contributed by atoms with Crippen molar-refractivity contribution in [3.8, 4) is 11.5 Å². The maximum Gasteiger partial charge on any atom is 0.204 e. The highest BCUT2D eigenvalue weighted by molar-refractivity contribution is 7.19. The zero-order valence-electron chi connectivity index (χ0n) is 17.5. The van der Waals surface area contributed by atoms with Gasteiger partial charge in [-0.05, 0) is 43.1 Å². The normalized spacial score (nSPS) is 17.4. The van der Waals surface area contributed by atoms with E-state index in [-0.39, 0.29) is 0 Å². The smallest absolute Gasteiger partial charge is 0.204 e. The second kappa shape index (κ2) is 6.51. The van der Waals surface area contributed by atoms with Crippen molar-refractivity contribution in [2.24, 2.45) is 18.4 Å². The first-order chi connectivity index (χ1) is 13.8. The number of thiophene rings is 1. The quantitative estimate of drug-likeness (QED) is 0.447. The first-order valence-electron chi connectivity index (χ1n) is 10.1. The van der Waals surface area contributed by atoms with Gasteiger partial charge in [-0.15, -0.1) is 16.4 Å². The predicted molar refractivity (Wildman–Crippen MR) is 118 cm³/mol. The van der Waals surface area contributed by atoms with Crippen LogP contribution in [0.5, 0.6) is 0 Å². The lowest BCUT2D eigenvalue weighted by Crippen LogP contribution is -2.28. The number of rotatable bonds is 3. The second-order valence-electron chi connectivity index (χ2n) is 8.79. The van der Waals surface area contributed by atoms with Crippen molar-refractivity contribution in [1.82, 2.24) is 29.4 Å². The van der Waals surface area contributed by atoms with Crippen molar-refractivity contribution in [2.75, 3.05) is 0 Å². The van der Waals surface area contributed by atoms with E-state index in [0.29, 0.717) is 27.9 Å². The molecule has 0 amide bonds. The van der Waals surface area contributed by atoms with Crippen LogP contribution in [-0.4, -0.2) is 29.4 Å². The van der Waals surface area contributed by atoms with Gasteiger partial charge >= 0.3 is 0 Å². The van der Waals surface area contributed by atoms with Gasteiger partial charge in [-0.25, -0.2) is 14.5 Å². The molecular weight excluding hydrogens is 404 g/mol.